The van der Waals surface area contributed by atoms with Gasteiger partial charge in [-0.1, -0.05) is 36.4 Å². The molecule has 0 unspecified atom stereocenters. The first-order valence-corrected chi connectivity index (χ1v) is 9.81. The topological polar surface area (TPSA) is 74.2 Å². The fourth-order valence-corrected chi connectivity index (χ4v) is 4.93. The fraction of sp³-hybridized carbons (Fsp3) is 0.208. The lowest BCUT2D eigenvalue weighted by molar-refractivity contribution is -0.142. The van der Waals surface area contributed by atoms with E-state index in [1.807, 2.05) is 60.7 Å². The minimum Gasteiger partial charge on any atom is -0.481 e. The van der Waals surface area contributed by atoms with Crippen molar-refractivity contribution < 1.29 is 28.8 Å². The van der Waals surface area contributed by atoms with Gasteiger partial charge in [0.1, 0.15) is 0 Å². The van der Waals surface area contributed by atoms with Crippen molar-refractivity contribution in [1.82, 2.24) is 0 Å². The highest BCUT2D eigenvalue weighted by molar-refractivity contribution is 5.78. The standard InChI is InChI=1S/C24H18O6/c25-24(26)23-21(13-5-7-17-19(9-13)29-11-27-17)15-3-1-2-4-16(15)22(23)14-6-8-18-20(10-14)30-12-28-18/h1-10,21-23H,11-12H2,(H,25,26)/t21-,22-/m1/s1. The molecule has 0 saturated carbocycles. The van der Waals surface area contributed by atoms with Gasteiger partial charge >= 0.3 is 5.97 Å². The third-order valence-corrected chi connectivity index (χ3v) is 6.18. The van der Waals surface area contributed by atoms with Crippen molar-refractivity contribution in [3.63, 3.8) is 0 Å². The van der Waals surface area contributed by atoms with Gasteiger partial charge < -0.3 is 24.1 Å². The number of rotatable bonds is 3. The van der Waals surface area contributed by atoms with Crippen LogP contribution in [0.15, 0.2) is 60.7 Å². The van der Waals surface area contributed by atoms with Crippen molar-refractivity contribution in [1.29, 1.82) is 0 Å². The average molecular weight is 402 g/mol. The molecule has 0 spiro atoms. The van der Waals surface area contributed by atoms with E-state index in [1.165, 1.54) is 0 Å². The maximum Gasteiger partial charge on any atom is 0.308 e. The van der Waals surface area contributed by atoms with E-state index in [9.17, 15) is 9.90 Å². The minimum absolute atomic E-state index is 0.183. The predicted molar refractivity (Wildman–Crippen MR) is 106 cm³/mol. The largest absolute Gasteiger partial charge is 0.481 e. The van der Waals surface area contributed by atoms with Crippen LogP contribution in [-0.2, 0) is 4.79 Å². The first kappa shape index (κ1) is 17.2. The first-order valence-electron chi connectivity index (χ1n) is 9.81. The molecule has 150 valence electrons. The Morgan fingerprint density at radius 1 is 0.700 bits per heavy atom. The van der Waals surface area contributed by atoms with Gasteiger partial charge in [-0.2, -0.15) is 0 Å². The second kappa shape index (κ2) is 6.42. The van der Waals surface area contributed by atoms with Gasteiger partial charge in [0.15, 0.2) is 23.0 Å². The Labute approximate surface area is 172 Å². The maximum atomic E-state index is 12.6. The summed E-state index contributed by atoms with van der Waals surface area (Å²) < 4.78 is 21.9. The molecule has 1 aliphatic carbocycles. The number of aliphatic carboxylic acids is 1. The van der Waals surface area contributed by atoms with Crippen LogP contribution >= 0.6 is 0 Å². The van der Waals surface area contributed by atoms with E-state index in [-0.39, 0.29) is 25.4 Å². The van der Waals surface area contributed by atoms with Crippen LogP contribution in [0.25, 0.3) is 0 Å². The van der Waals surface area contributed by atoms with Gasteiger partial charge in [0.05, 0.1) is 5.92 Å². The van der Waals surface area contributed by atoms with Gasteiger partial charge in [-0.15, -0.1) is 0 Å². The molecule has 3 aromatic carbocycles. The zero-order valence-electron chi connectivity index (χ0n) is 15.9. The molecular weight excluding hydrogens is 384 g/mol. The van der Waals surface area contributed by atoms with E-state index in [0.29, 0.717) is 23.0 Å². The lowest BCUT2D eigenvalue weighted by Crippen LogP contribution is -2.23. The number of fused-ring (bicyclic) bond motifs is 3. The van der Waals surface area contributed by atoms with Gasteiger partial charge in [0.25, 0.3) is 0 Å². The summed E-state index contributed by atoms with van der Waals surface area (Å²) in [4.78, 5) is 12.6. The average Bonchev–Trinajstić information content (AvgIpc) is 3.48. The number of hydrogen-bond acceptors (Lipinski definition) is 5. The molecule has 0 bridgehead atoms. The molecule has 6 nitrogen and oxygen atoms in total. The Hall–Kier alpha value is -3.67. The Morgan fingerprint density at radius 2 is 1.17 bits per heavy atom. The van der Waals surface area contributed by atoms with Gasteiger partial charge in [-0.05, 0) is 46.5 Å². The van der Waals surface area contributed by atoms with Crippen molar-refractivity contribution in [2.45, 2.75) is 11.8 Å². The Balaban J connectivity index is 1.52. The second-order valence-electron chi connectivity index (χ2n) is 7.67. The monoisotopic (exact) mass is 402 g/mol. The molecule has 0 saturated heterocycles. The Morgan fingerprint density at radius 3 is 1.63 bits per heavy atom. The van der Waals surface area contributed by atoms with Crippen LogP contribution in [0.4, 0.5) is 0 Å². The van der Waals surface area contributed by atoms with Crippen LogP contribution in [0.2, 0.25) is 0 Å². The van der Waals surface area contributed by atoms with Crippen molar-refractivity contribution in [3.05, 3.63) is 82.9 Å². The third kappa shape index (κ3) is 2.46. The number of hydrogen-bond donors (Lipinski definition) is 1. The summed E-state index contributed by atoms with van der Waals surface area (Å²) in [5.41, 5.74) is 3.85. The maximum absolute atomic E-state index is 12.6. The van der Waals surface area contributed by atoms with Crippen molar-refractivity contribution in [3.8, 4) is 23.0 Å². The lowest BCUT2D eigenvalue weighted by atomic mass is 9.79. The second-order valence-corrected chi connectivity index (χ2v) is 7.67. The molecule has 0 fully saturated rings. The highest BCUT2D eigenvalue weighted by Crippen LogP contribution is 2.54. The lowest BCUT2D eigenvalue weighted by Gasteiger charge is -2.23. The molecule has 3 aliphatic rings. The van der Waals surface area contributed by atoms with Crippen LogP contribution < -0.4 is 18.9 Å². The summed E-state index contributed by atoms with van der Waals surface area (Å²) in [6.07, 6.45) is 0. The Kier molecular flexibility index (Phi) is 3.68. The molecule has 0 aromatic heterocycles. The summed E-state index contributed by atoms with van der Waals surface area (Å²) in [6, 6.07) is 19.4. The molecule has 2 heterocycles. The van der Waals surface area contributed by atoms with E-state index in [1.54, 1.807) is 0 Å². The normalized spacial score (nSPS) is 20.9. The summed E-state index contributed by atoms with van der Waals surface area (Å²) in [6.45, 7) is 0.366. The summed E-state index contributed by atoms with van der Waals surface area (Å²) >= 11 is 0. The summed E-state index contributed by atoms with van der Waals surface area (Å²) in [5, 5.41) is 10.3. The van der Waals surface area contributed by atoms with Crippen LogP contribution in [0, 0.1) is 5.92 Å². The minimum atomic E-state index is -0.837. The quantitative estimate of drug-likeness (QED) is 0.710. The van der Waals surface area contributed by atoms with Crippen LogP contribution in [-0.4, -0.2) is 24.7 Å². The van der Waals surface area contributed by atoms with Crippen molar-refractivity contribution >= 4 is 5.97 Å². The number of carboxylic acid groups (broad SMARTS) is 1. The fourth-order valence-electron chi connectivity index (χ4n) is 4.93. The molecule has 6 rings (SSSR count). The van der Waals surface area contributed by atoms with Crippen molar-refractivity contribution in [2.24, 2.45) is 5.92 Å². The van der Waals surface area contributed by atoms with Gasteiger partial charge in [0, 0.05) is 11.8 Å². The number of carboxylic acids is 1. The van der Waals surface area contributed by atoms with Gasteiger partial charge in [-0.3, -0.25) is 4.79 Å². The predicted octanol–water partition coefficient (Wildman–Crippen LogP) is 4.12. The Bertz CT molecular complexity index is 1090. The molecule has 30 heavy (non-hydrogen) atoms. The molecule has 2 atom stereocenters. The molecular formula is C24H18O6. The van der Waals surface area contributed by atoms with Gasteiger partial charge in [-0.25, -0.2) is 0 Å². The zero-order valence-corrected chi connectivity index (χ0v) is 15.9. The molecule has 3 aromatic rings. The van der Waals surface area contributed by atoms with Crippen LogP contribution in [0.5, 0.6) is 23.0 Å². The zero-order chi connectivity index (χ0) is 20.2. The van der Waals surface area contributed by atoms with E-state index in [2.05, 4.69) is 0 Å². The van der Waals surface area contributed by atoms with E-state index in [0.717, 1.165) is 22.3 Å². The summed E-state index contributed by atoms with van der Waals surface area (Å²) in [5.74, 6) is 0.571. The molecule has 2 aliphatic heterocycles. The van der Waals surface area contributed by atoms with Gasteiger partial charge in [0.2, 0.25) is 13.6 Å². The highest BCUT2D eigenvalue weighted by atomic mass is 16.7. The summed E-state index contributed by atoms with van der Waals surface area (Å²) in [7, 11) is 0. The van der Waals surface area contributed by atoms with Crippen molar-refractivity contribution in [2.75, 3.05) is 13.6 Å². The molecule has 1 N–H and O–H groups in total. The molecule has 0 radical (unpaired) electrons. The highest BCUT2D eigenvalue weighted by Gasteiger charge is 2.46. The smallest absolute Gasteiger partial charge is 0.308 e. The first-order chi connectivity index (χ1) is 14.7. The van der Waals surface area contributed by atoms with E-state index in [4.69, 9.17) is 18.9 Å². The SMILES string of the molecule is O=C(O)C1[C@H](c2ccc3c(c2)OCO3)c2ccccc2[C@H]1c1ccc2c(c1)OCO2. The number of ether oxygens (including phenoxy) is 4. The van der Waals surface area contributed by atoms with E-state index >= 15 is 0 Å². The number of benzene rings is 3. The molecule has 0 amide bonds. The van der Waals surface area contributed by atoms with Crippen LogP contribution in [0.3, 0.4) is 0 Å². The molecule has 6 heteroatoms. The third-order valence-electron chi connectivity index (χ3n) is 6.18. The van der Waals surface area contributed by atoms with Crippen LogP contribution in [0.1, 0.15) is 34.1 Å². The van der Waals surface area contributed by atoms with E-state index < -0.39 is 11.9 Å². The number of carbonyl (C=O) groups is 1.